The van der Waals surface area contributed by atoms with E-state index in [1.54, 1.807) is 13.2 Å². The maximum Gasteiger partial charge on any atom is 0.123 e. The Morgan fingerprint density at radius 2 is 1.94 bits per heavy atom. The van der Waals surface area contributed by atoms with Gasteiger partial charge in [-0.3, -0.25) is 4.90 Å². The molecule has 0 saturated heterocycles. The first kappa shape index (κ1) is 13.8. The molecule has 0 unspecified atom stereocenters. The van der Waals surface area contributed by atoms with Crippen molar-refractivity contribution in [1.29, 1.82) is 0 Å². The fourth-order valence-electron chi connectivity index (χ4n) is 2.11. The Hall–Kier alpha value is -1.22. The summed E-state index contributed by atoms with van der Waals surface area (Å²) in [6.07, 6.45) is 2.26. The number of hydrogen-bond donors (Lipinski definition) is 1. The van der Waals surface area contributed by atoms with Crippen molar-refractivity contribution in [3.05, 3.63) is 23.8 Å². The zero-order valence-corrected chi connectivity index (χ0v) is 11.2. The Bertz CT molecular complexity index is 348. The molecule has 0 amide bonds. The lowest BCUT2D eigenvalue weighted by atomic mass is 10.1. The molecule has 17 heavy (non-hydrogen) atoms. The molecule has 1 rings (SSSR count). The molecule has 0 saturated carbocycles. The quantitative estimate of drug-likeness (QED) is 0.825. The van der Waals surface area contributed by atoms with E-state index in [1.165, 1.54) is 0 Å². The van der Waals surface area contributed by atoms with Gasteiger partial charge >= 0.3 is 0 Å². The highest BCUT2D eigenvalue weighted by atomic mass is 16.5. The lowest BCUT2D eigenvalue weighted by molar-refractivity contribution is 0.219. The second-order valence-electron chi connectivity index (χ2n) is 4.38. The lowest BCUT2D eigenvalue weighted by Crippen LogP contribution is -2.29. The maximum atomic E-state index is 9.89. The molecule has 3 nitrogen and oxygen atoms in total. The standard InChI is InChI=1S/C14H23NO2/c1-5-12(6-2)15(3)10-11-7-8-13(17-4)9-14(11)16/h7-9,12,16H,5-6,10H2,1-4H3. The number of ether oxygens (including phenoxy) is 1. The van der Waals surface area contributed by atoms with Crippen molar-refractivity contribution >= 4 is 0 Å². The van der Waals surface area contributed by atoms with Gasteiger partial charge in [-0.05, 0) is 26.0 Å². The molecule has 96 valence electrons. The Labute approximate surface area is 104 Å². The predicted octanol–water partition coefficient (Wildman–Crippen LogP) is 3.02. The molecule has 1 aromatic carbocycles. The molecule has 3 heteroatoms. The van der Waals surface area contributed by atoms with Crippen molar-refractivity contribution < 1.29 is 9.84 Å². The van der Waals surface area contributed by atoms with Crippen LogP contribution in [0, 0.1) is 0 Å². The van der Waals surface area contributed by atoms with Crippen LogP contribution >= 0.6 is 0 Å². The van der Waals surface area contributed by atoms with E-state index in [4.69, 9.17) is 4.74 Å². The number of nitrogens with zero attached hydrogens (tertiary/aromatic N) is 1. The van der Waals surface area contributed by atoms with E-state index in [2.05, 4.69) is 25.8 Å². The average molecular weight is 237 g/mol. The summed E-state index contributed by atoms with van der Waals surface area (Å²) in [6, 6.07) is 6.04. The van der Waals surface area contributed by atoms with Gasteiger partial charge in [-0.1, -0.05) is 19.9 Å². The molecule has 0 heterocycles. The van der Waals surface area contributed by atoms with E-state index in [1.807, 2.05) is 12.1 Å². The lowest BCUT2D eigenvalue weighted by Gasteiger charge is -2.26. The average Bonchev–Trinajstić information content (AvgIpc) is 2.33. The van der Waals surface area contributed by atoms with Crippen molar-refractivity contribution in [3.8, 4) is 11.5 Å². The van der Waals surface area contributed by atoms with Crippen LogP contribution < -0.4 is 4.74 Å². The molecule has 0 atom stereocenters. The fraction of sp³-hybridized carbons (Fsp3) is 0.571. The van der Waals surface area contributed by atoms with Gasteiger partial charge < -0.3 is 9.84 Å². The maximum absolute atomic E-state index is 9.89. The zero-order valence-electron chi connectivity index (χ0n) is 11.2. The summed E-state index contributed by atoms with van der Waals surface area (Å²) in [6.45, 7) is 5.15. The SMILES string of the molecule is CCC(CC)N(C)Cc1ccc(OC)cc1O. The summed E-state index contributed by atoms with van der Waals surface area (Å²) >= 11 is 0. The van der Waals surface area contributed by atoms with E-state index in [0.29, 0.717) is 17.5 Å². The van der Waals surface area contributed by atoms with Crippen molar-refractivity contribution in [2.75, 3.05) is 14.2 Å². The van der Waals surface area contributed by atoms with Gasteiger partial charge in [-0.25, -0.2) is 0 Å². The number of hydrogen-bond acceptors (Lipinski definition) is 3. The van der Waals surface area contributed by atoms with Crippen molar-refractivity contribution in [3.63, 3.8) is 0 Å². The molecule has 1 aromatic rings. The minimum atomic E-state index is 0.308. The van der Waals surface area contributed by atoms with Gasteiger partial charge in [0.15, 0.2) is 0 Å². The van der Waals surface area contributed by atoms with E-state index in [0.717, 1.165) is 24.9 Å². The number of phenolic OH excluding ortho intramolecular Hbond substituents is 1. The van der Waals surface area contributed by atoms with Crippen LogP contribution in [0.15, 0.2) is 18.2 Å². The van der Waals surface area contributed by atoms with Gasteiger partial charge in [0.2, 0.25) is 0 Å². The first-order valence-electron chi connectivity index (χ1n) is 6.18. The molecule has 0 aromatic heterocycles. The third-order valence-corrected chi connectivity index (χ3v) is 3.28. The largest absolute Gasteiger partial charge is 0.507 e. The summed E-state index contributed by atoms with van der Waals surface area (Å²) in [7, 11) is 3.70. The zero-order chi connectivity index (χ0) is 12.8. The summed E-state index contributed by atoms with van der Waals surface area (Å²) in [5.41, 5.74) is 0.945. The van der Waals surface area contributed by atoms with Crippen LogP contribution in [0.5, 0.6) is 11.5 Å². The van der Waals surface area contributed by atoms with Gasteiger partial charge in [0, 0.05) is 24.2 Å². The second-order valence-corrected chi connectivity index (χ2v) is 4.38. The first-order valence-corrected chi connectivity index (χ1v) is 6.18. The topological polar surface area (TPSA) is 32.7 Å². The minimum Gasteiger partial charge on any atom is -0.507 e. The number of rotatable bonds is 6. The van der Waals surface area contributed by atoms with E-state index in [-0.39, 0.29) is 0 Å². The monoisotopic (exact) mass is 237 g/mol. The van der Waals surface area contributed by atoms with Crippen LogP contribution in [0.1, 0.15) is 32.3 Å². The molecule has 0 aliphatic heterocycles. The van der Waals surface area contributed by atoms with Gasteiger partial charge in [0.1, 0.15) is 11.5 Å². The Balaban J connectivity index is 2.74. The van der Waals surface area contributed by atoms with Crippen LogP contribution in [0.2, 0.25) is 0 Å². The number of aromatic hydroxyl groups is 1. The van der Waals surface area contributed by atoms with E-state index in [9.17, 15) is 5.11 Å². The van der Waals surface area contributed by atoms with Crippen LogP contribution in [0.4, 0.5) is 0 Å². The van der Waals surface area contributed by atoms with Gasteiger partial charge in [0.05, 0.1) is 7.11 Å². The molecule has 0 radical (unpaired) electrons. The number of benzene rings is 1. The number of phenols is 1. The normalized spacial score (nSPS) is 11.2. The van der Waals surface area contributed by atoms with Crippen molar-refractivity contribution in [1.82, 2.24) is 4.90 Å². The molecular weight excluding hydrogens is 214 g/mol. The van der Waals surface area contributed by atoms with Crippen LogP contribution in [0.3, 0.4) is 0 Å². The summed E-state index contributed by atoms with van der Waals surface area (Å²) in [5, 5.41) is 9.89. The minimum absolute atomic E-state index is 0.308. The fourth-order valence-corrected chi connectivity index (χ4v) is 2.11. The highest BCUT2D eigenvalue weighted by Gasteiger charge is 2.12. The Morgan fingerprint density at radius 3 is 2.41 bits per heavy atom. The molecule has 1 N–H and O–H groups in total. The third-order valence-electron chi connectivity index (χ3n) is 3.28. The van der Waals surface area contributed by atoms with Crippen LogP contribution in [0.25, 0.3) is 0 Å². The van der Waals surface area contributed by atoms with Gasteiger partial charge in [-0.2, -0.15) is 0 Å². The molecular formula is C14H23NO2. The summed E-state index contributed by atoms with van der Waals surface area (Å²) in [5.74, 6) is 0.999. The molecule has 0 fully saturated rings. The van der Waals surface area contributed by atoms with E-state index >= 15 is 0 Å². The Kier molecular flexibility index (Phi) is 5.29. The first-order chi connectivity index (χ1) is 8.12. The molecule has 0 spiro atoms. The van der Waals surface area contributed by atoms with Gasteiger partial charge in [-0.15, -0.1) is 0 Å². The predicted molar refractivity (Wildman–Crippen MR) is 70.5 cm³/mol. The second kappa shape index (κ2) is 6.50. The summed E-state index contributed by atoms with van der Waals surface area (Å²) < 4.78 is 5.07. The molecule has 0 aliphatic rings. The van der Waals surface area contributed by atoms with Crippen LogP contribution in [-0.4, -0.2) is 30.2 Å². The molecule has 0 bridgehead atoms. The van der Waals surface area contributed by atoms with Crippen molar-refractivity contribution in [2.24, 2.45) is 0 Å². The van der Waals surface area contributed by atoms with Gasteiger partial charge in [0.25, 0.3) is 0 Å². The van der Waals surface area contributed by atoms with E-state index < -0.39 is 0 Å². The van der Waals surface area contributed by atoms with Crippen molar-refractivity contribution in [2.45, 2.75) is 39.3 Å². The number of methoxy groups -OCH3 is 1. The highest BCUT2D eigenvalue weighted by Crippen LogP contribution is 2.25. The highest BCUT2D eigenvalue weighted by molar-refractivity contribution is 5.39. The smallest absolute Gasteiger partial charge is 0.123 e. The Morgan fingerprint density at radius 1 is 1.29 bits per heavy atom. The van der Waals surface area contributed by atoms with Crippen LogP contribution in [-0.2, 0) is 6.54 Å². The molecule has 0 aliphatic carbocycles. The third kappa shape index (κ3) is 3.63. The summed E-state index contributed by atoms with van der Waals surface area (Å²) in [4.78, 5) is 2.28.